The molecule has 0 heterocycles. The van der Waals surface area contributed by atoms with Crippen LogP contribution in [0.3, 0.4) is 0 Å². The van der Waals surface area contributed by atoms with Crippen molar-refractivity contribution in [2.24, 2.45) is 0 Å². The zero-order valence-electron chi connectivity index (χ0n) is 64.5. The van der Waals surface area contributed by atoms with Crippen LogP contribution in [0.15, 0.2) is 97.2 Å². The third kappa shape index (κ3) is 74.3. The Balaban J connectivity index is 5.40. The molecule has 0 fully saturated rings. The van der Waals surface area contributed by atoms with Crippen molar-refractivity contribution in [3.63, 3.8) is 0 Å². The number of aliphatic hydroxyl groups excluding tert-OH is 1. The van der Waals surface area contributed by atoms with Gasteiger partial charge in [-0.15, -0.1) is 0 Å². The number of allylic oxidation sites excluding steroid dienone is 16. The molecule has 0 spiro atoms. The second kappa shape index (κ2) is 75.2. The van der Waals surface area contributed by atoms with Crippen molar-refractivity contribution in [3.8, 4) is 0 Å². The maximum absolute atomic E-state index is 13.1. The number of unbranched alkanes of at least 4 members (excludes halogenated alkanes) is 34. The predicted octanol–water partition coefficient (Wildman–Crippen LogP) is 23.6. The molecule has 0 aliphatic carbocycles. The first-order valence-corrected chi connectivity index (χ1v) is 43.5. The molecule has 0 radical (unpaired) electrons. The van der Waals surface area contributed by atoms with E-state index in [0.717, 1.165) is 128 Å². The van der Waals surface area contributed by atoms with Crippen molar-refractivity contribution < 1.29 is 80.2 Å². The summed E-state index contributed by atoms with van der Waals surface area (Å²) in [5.41, 5.74) is 0. The average molecular weight is 1480 g/mol. The fourth-order valence-corrected chi connectivity index (χ4v) is 12.5. The van der Waals surface area contributed by atoms with Crippen molar-refractivity contribution in [1.82, 2.24) is 0 Å². The molecule has 0 aliphatic rings. The molecular weight excluding hydrogens is 1330 g/mol. The number of phosphoric acid groups is 2. The van der Waals surface area contributed by atoms with Gasteiger partial charge in [-0.3, -0.25) is 37.3 Å². The molecule has 19 heteroatoms. The summed E-state index contributed by atoms with van der Waals surface area (Å²) >= 11 is 0. The smallest absolute Gasteiger partial charge is 0.462 e. The van der Waals surface area contributed by atoms with Crippen LogP contribution in [0.25, 0.3) is 0 Å². The minimum absolute atomic E-state index is 0.0383. The van der Waals surface area contributed by atoms with Gasteiger partial charge in [-0.25, -0.2) is 9.13 Å². The quantitative estimate of drug-likeness (QED) is 0.0169. The summed E-state index contributed by atoms with van der Waals surface area (Å²) in [5, 5.41) is 10.6. The maximum atomic E-state index is 13.1. The number of rotatable bonds is 76. The average Bonchev–Trinajstić information content (AvgIpc) is 0.924. The van der Waals surface area contributed by atoms with E-state index in [9.17, 15) is 43.2 Å². The van der Waals surface area contributed by atoms with Gasteiger partial charge in [0, 0.05) is 25.7 Å². The molecule has 0 rings (SSSR count). The van der Waals surface area contributed by atoms with Gasteiger partial charge in [0.2, 0.25) is 0 Å². The molecule has 102 heavy (non-hydrogen) atoms. The molecule has 0 amide bonds. The predicted molar refractivity (Wildman–Crippen MR) is 418 cm³/mol. The Morgan fingerprint density at radius 3 is 0.863 bits per heavy atom. The van der Waals surface area contributed by atoms with Crippen molar-refractivity contribution in [2.75, 3.05) is 39.6 Å². The normalized spacial score (nSPS) is 14.4. The lowest BCUT2D eigenvalue weighted by atomic mass is 10.0. The monoisotopic (exact) mass is 1480 g/mol. The molecule has 0 aromatic heterocycles. The van der Waals surface area contributed by atoms with Crippen LogP contribution in [0.2, 0.25) is 0 Å². The lowest BCUT2D eigenvalue weighted by Gasteiger charge is -2.21. The number of carbonyl (C=O) groups is 4. The highest BCUT2D eigenvalue weighted by Gasteiger charge is 2.30. The Morgan fingerprint density at radius 2 is 0.529 bits per heavy atom. The minimum atomic E-state index is -4.99. The minimum Gasteiger partial charge on any atom is -0.462 e. The molecule has 5 atom stereocenters. The highest BCUT2D eigenvalue weighted by atomic mass is 31.2. The number of carbonyl (C=O) groups excluding carboxylic acids is 4. The number of esters is 4. The van der Waals surface area contributed by atoms with Gasteiger partial charge in [0.15, 0.2) is 12.2 Å². The van der Waals surface area contributed by atoms with Gasteiger partial charge in [0.1, 0.15) is 19.3 Å². The molecule has 5 unspecified atom stereocenters. The van der Waals surface area contributed by atoms with Gasteiger partial charge in [-0.1, -0.05) is 324 Å². The first-order chi connectivity index (χ1) is 49.7. The zero-order chi connectivity index (χ0) is 74.6. The summed E-state index contributed by atoms with van der Waals surface area (Å²) in [5.74, 6) is -2.26. The van der Waals surface area contributed by atoms with E-state index in [1.807, 2.05) is 12.2 Å². The summed E-state index contributed by atoms with van der Waals surface area (Å²) < 4.78 is 68.5. The lowest BCUT2D eigenvalue weighted by molar-refractivity contribution is -0.161. The van der Waals surface area contributed by atoms with Gasteiger partial charge in [-0.2, -0.15) is 0 Å². The van der Waals surface area contributed by atoms with E-state index in [1.54, 1.807) is 0 Å². The Morgan fingerprint density at radius 1 is 0.284 bits per heavy atom. The van der Waals surface area contributed by atoms with Gasteiger partial charge in [0.25, 0.3) is 0 Å². The van der Waals surface area contributed by atoms with Crippen LogP contribution in [0, 0.1) is 0 Å². The third-order valence-electron chi connectivity index (χ3n) is 17.1. The summed E-state index contributed by atoms with van der Waals surface area (Å²) in [4.78, 5) is 73.0. The van der Waals surface area contributed by atoms with E-state index >= 15 is 0 Å². The molecule has 0 aliphatic heterocycles. The third-order valence-corrected chi connectivity index (χ3v) is 19.0. The summed E-state index contributed by atoms with van der Waals surface area (Å²) in [7, 11) is -9.97. The van der Waals surface area contributed by atoms with E-state index in [1.165, 1.54) is 135 Å². The van der Waals surface area contributed by atoms with E-state index < -0.39 is 97.5 Å². The largest absolute Gasteiger partial charge is 0.472 e. The Kier molecular flexibility index (Phi) is 72.3. The number of aliphatic hydroxyl groups is 1. The van der Waals surface area contributed by atoms with Crippen LogP contribution >= 0.6 is 15.6 Å². The van der Waals surface area contributed by atoms with Crippen LogP contribution in [0.4, 0.5) is 0 Å². The molecule has 590 valence electrons. The zero-order valence-corrected chi connectivity index (χ0v) is 66.3. The molecule has 0 bridgehead atoms. The second-order valence-electron chi connectivity index (χ2n) is 27.0. The second-order valence-corrected chi connectivity index (χ2v) is 29.9. The fraction of sp³-hybridized carbons (Fsp3) is 0.759. The first-order valence-electron chi connectivity index (χ1n) is 40.5. The summed E-state index contributed by atoms with van der Waals surface area (Å²) in [6.45, 7) is 4.69. The molecular formula is C83H146O17P2. The molecule has 3 N–H and O–H groups in total. The van der Waals surface area contributed by atoms with Gasteiger partial charge in [0.05, 0.1) is 26.4 Å². The molecule has 0 aromatic carbocycles. The van der Waals surface area contributed by atoms with Crippen LogP contribution in [0.1, 0.15) is 349 Å². The van der Waals surface area contributed by atoms with Gasteiger partial charge < -0.3 is 33.8 Å². The van der Waals surface area contributed by atoms with E-state index in [-0.39, 0.29) is 25.7 Å². The first kappa shape index (κ1) is 98.0. The van der Waals surface area contributed by atoms with Gasteiger partial charge >= 0.3 is 39.5 Å². The highest BCUT2D eigenvalue weighted by Crippen LogP contribution is 2.45. The van der Waals surface area contributed by atoms with E-state index in [0.29, 0.717) is 32.1 Å². The molecule has 17 nitrogen and oxygen atoms in total. The Hall–Kier alpha value is -4.02. The van der Waals surface area contributed by atoms with Crippen molar-refractivity contribution in [2.45, 2.75) is 367 Å². The number of hydrogen-bond acceptors (Lipinski definition) is 15. The molecule has 0 saturated heterocycles. The van der Waals surface area contributed by atoms with Crippen LogP contribution in [0.5, 0.6) is 0 Å². The van der Waals surface area contributed by atoms with Crippen LogP contribution in [-0.4, -0.2) is 96.7 Å². The fourth-order valence-electron chi connectivity index (χ4n) is 10.9. The van der Waals surface area contributed by atoms with Gasteiger partial charge in [-0.05, 0) is 96.3 Å². The highest BCUT2D eigenvalue weighted by molar-refractivity contribution is 7.47. The molecule has 0 saturated carbocycles. The Bertz CT molecular complexity index is 2310. The van der Waals surface area contributed by atoms with Crippen molar-refractivity contribution >= 4 is 39.5 Å². The Labute approximate surface area is 620 Å². The molecule has 0 aromatic rings. The number of ether oxygens (including phenoxy) is 4. The van der Waals surface area contributed by atoms with E-state index in [4.69, 9.17) is 37.0 Å². The van der Waals surface area contributed by atoms with E-state index in [2.05, 4.69) is 113 Å². The maximum Gasteiger partial charge on any atom is 0.472 e. The SMILES string of the molecule is CC/C=C\C/C=C\C/C=C\C/C=C\C/C=C\C/C=C\CCC(=O)OCC(COP(=O)(O)OCC(O)COP(=O)(O)OCC(COC(=O)CCCCCCC/C=C\C/C=C\CCCCC)OC(=O)CCCCCCCCCCCCCCC)OC(=O)CCCCCCCCCCCCCCCCC. The topological polar surface area (TPSA) is 237 Å². The van der Waals surface area contributed by atoms with Crippen LogP contribution in [-0.2, 0) is 65.4 Å². The number of hydrogen-bond donors (Lipinski definition) is 3. The van der Waals surface area contributed by atoms with Crippen LogP contribution < -0.4 is 0 Å². The standard InChI is InChI=1S/C83H146O17P2/c1-5-9-13-17-21-25-29-33-36-37-38-39-42-45-48-52-56-60-64-68-81(86)94-74-79(100-83(88)70-66-62-58-54-50-46-41-35-31-27-23-19-15-11-7-3)76-98-102(91,92)96-72-77(84)71-95-101(89,90)97-75-78(99-82(87)69-65-61-57-53-49-43-32-28-24-20-16-12-8-4)73-93-80(85)67-63-59-55-51-47-44-40-34-30-26-22-18-14-10-6-2/h9,13,21-22,25-26,33-34,36,38-40,45,48,56,60,77-79,84H,5-8,10-12,14-20,23-24,27-32,35,37,41-44,46-47,49-55,57-59,61-76H2,1-4H3,(H,89,90)(H,91,92)/b13-9-,25-21-,26-22-,36-33-,39-38-,40-34-,48-45-,60-56-. The van der Waals surface area contributed by atoms with Crippen molar-refractivity contribution in [1.29, 1.82) is 0 Å². The lowest BCUT2D eigenvalue weighted by Crippen LogP contribution is -2.30. The van der Waals surface area contributed by atoms with Crippen molar-refractivity contribution in [3.05, 3.63) is 97.2 Å². The summed E-state index contributed by atoms with van der Waals surface area (Å²) in [6.07, 6.45) is 79.7. The number of phosphoric ester groups is 2. The summed E-state index contributed by atoms with van der Waals surface area (Å²) in [6, 6.07) is 0.